The van der Waals surface area contributed by atoms with E-state index in [0.717, 1.165) is 11.8 Å². The second kappa shape index (κ2) is 20.9. The average molecular weight is 268 g/mol. The normalized spacial score (nSPS) is 8.00. The minimum Gasteiger partial charge on any atom is -0.450 e. The molecular weight excluding hydrogens is 240 g/mol. The van der Waals surface area contributed by atoms with Gasteiger partial charge >= 0.3 is 12.3 Å². The molecule has 0 aromatic heterocycles. The molecule has 0 heterocycles. The largest absolute Gasteiger partial charge is 0.503 e. The van der Waals surface area contributed by atoms with Crippen molar-refractivity contribution in [2.24, 2.45) is 11.8 Å². The fourth-order valence-corrected chi connectivity index (χ4v) is 0. The van der Waals surface area contributed by atoms with E-state index in [1.54, 1.807) is 0 Å². The molecule has 0 fully saturated rings. The van der Waals surface area contributed by atoms with E-state index in [1.165, 1.54) is 12.8 Å². The lowest BCUT2D eigenvalue weighted by atomic mass is 10.2. The van der Waals surface area contributed by atoms with Crippen molar-refractivity contribution in [2.45, 2.75) is 54.4 Å². The summed E-state index contributed by atoms with van der Waals surface area (Å²) in [6.45, 7) is 13.3. The number of hydrogen-bond donors (Lipinski definition) is 4. The van der Waals surface area contributed by atoms with Crippen LogP contribution in [0, 0.1) is 11.8 Å². The Morgan fingerprint density at radius 3 is 0.778 bits per heavy atom. The maximum absolute atomic E-state index is 8.56. The monoisotopic (exact) mass is 268 g/mol. The second-order valence-electron chi connectivity index (χ2n) is 4.17. The van der Waals surface area contributed by atoms with Crippen LogP contribution in [0.4, 0.5) is 9.59 Å². The highest BCUT2D eigenvalue weighted by atomic mass is 16.6. The maximum atomic E-state index is 8.56. The van der Waals surface area contributed by atoms with Gasteiger partial charge < -0.3 is 20.4 Å². The molecule has 0 atom stereocenters. The van der Waals surface area contributed by atoms with Crippen LogP contribution in [-0.2, 0) is 0 Å². The van der Waals surface area contributed by atoms with Crippen LogP contribution in [0.25, 0.3) is 0 Å². The van der Waals surface area contributed by atoms with Crippen LogP contribution in [0.1, 0.15) is 54.4 Å². The van der Waals surface area contributed by atoms with Gasteiger partial charge in [-0.15, -0.1) is 0 Å². The Hall–Kier alpha value is -1.46. The number of rotatable bonds is 2. The molecule has 0 spiro atoms. The number of carboxylic acid groups (broad SMARTS) is 4. The van der Waals surface area contributed by atoms with Gasteiger partial charge in [0.05, 0.1) is 0 Å². The lowest BCUT2D eigenvalue weighted by Crippen LogP contribution is -1.81. The number of carbonyl (C=O) groups is 2. The summed E-state index contributed by atoms with van der Waals surface area (Å²) in [5, 5.41) is 27.9. The second-order valence-corrected chi connectivity index (χ2v) is 4.17. The zero-order valence-corrected chi connectivity index (χ0v) is 12.2. The Bertz CT molecular complexity index is 149. The third kappa shape index (κ3) is 413. The van der Waals surface area contributed by atoms with Crippen molar-refractivity contribution in [2.75, 3.05) is 0 Å². The van der Waals surface area contributed by atoms with E-state index in [-0.39, 0.29) is 0 Å². The third-order valence-corrected chi connectivity index (χ3v) is 1.63. The summed E-state index contributed by atoms with van der Waals surface area (Å²) >= 11 is 0. The highest BCUT2D eigenvalue weighted by molar-refractivity contribution is 5.53. The first-order valence-corrected chi connectivity index (χ1v) is 5.84. The van der Waals surface area contributed by atoms with Gasteiger partial charge in [-0.1, -0.05) is 54.4 Å². The molecule has 0 aromatic rings. The molecule has 0 aliphatic heterocycles. The van der Waals surface area contributed by atoms with E-state index in [1.807, 2.05) is 0 Å². The lowest BCUT2D eigenvalue weighted by molar-refractivity contribution is 0.135. The lowest BCUT2D eigenvalue weighted by Gasteiger charge is -1.90. The molecule has 0 unspecified atom stereocenters. The molecule has 0 aromatic carbocycles. The Kier molecular flexibility index (Phi) is 29.5. The Morgan fingerprint density at radius 2 is 0.778 bits per heavy atom. The van der Waals surface area contributed by atoms with Crippen molar-refractivity contribution >= 4 is 12.3 Å². The van der Waals surface area contributed by atoms with Gasteiger partial charge in [0.1, 0.15) is 0 Å². The predicted octanol–water partition coefficient (Wildman–Crippen LogP) is 4.55. The van der Waals surface area contributed by atoms with Gasteiger partial charge in [-0.3, -0.25) is 0 Å². The van der Waals surface area contributed by atoms with Crippen molar-refractivity contribution in [1.82, 2.24) is 0 Å². The molecule has 6 heteroatoms. The Balaban J connectivity index is -0.0000000731. The fourth-order valence-electron chi connectivity index (χ4n) is 0. The van der Waals surface area contributed by atoms with Gasteiger partial charge in [0, 0.05) is 0 Å². The van der Waals surface area contributed by atoms with Crippen molar-refractivity contribution in [3.05, 3.63) is 0 Å². The van der Waals surface area contributed by atoms with Crippen LogP contribution in [0.2, 0.25) is 0 Å². The predicted molar refractivity (Wildman–Crippen MR) is 71.6 cm³/mol. The van der Waals surface area contributed by atoms with E-state index in [9.17, 15) is 0 Å². The molecule has 0 rings (SSSR count). The first-order valence-electron chi connectivity index (χ1n) is 5.84. The summed E-state index contributed by atoms with van der Waals surface area (Å²) in [5.74, 6) is 1.77. The SMILES string of the molecule is CCC(C)C.CCC(C)C.O=C(O)O.O=C(O)O. The van der Waals surface area contributed by atoms with E-state index in [2.05, 4.69) is 41.5 Å². The zero-order chi connectivity index (χ0) is 15.7. The van der Waals surface area contributed by atoms with Crippen molar-refractivity contribution in [3.63, 3.8) is 0 Å². The molecule has 0 saturated heterocycles. The van der Waals surface area contributed by atoms with Crippen LogP contribution in [0.3, 0.4) is 0 Å². The van der Waals surface area contributed by atoms with Crippen LogP contribution < -0.4 is 0 Å². The minimum atomic E-state index is -1.83. The summed E-state index contributed by atoms with van der Waals surface area (Å²) in [5.41, 5.74) is 0. The molecule has 0 aliphatic carbocycles. The molecule has 0 radical (unpaired) electrons. The van der Waals surface area contributed by atoms with E-state index in [0.29, 0.717) is 0 Å². The summed E-state index contributed by atoms with van der Waals surface area (Å²) in [6.07, 6.45) is -1.06. The highest BCUT2D eigenvalue weighted by Crippen LogP contribution is 1.94. The smallest absolute Gasteiger partial charge is 0.450 e. The van der Waals surface area contributed by atoms with Crippen LogP contribution in [0.15, 0.2) is 0 Å². The Labute approximate surface area is 109 Å². The van der Waals surface area contributed by atoms with Crippen molar-refractivity contribution in [3.8, 4) is 0 Å². The molecule has 6 nitrogen and oxygen atoms in total. The standard InChI is InChI=1S/2C5H12.2CH2O3/c2*1-4-5(2)3;2*2-1(3)4/h2*5H,4H2,1-3H3;2*(H2,2,3,4). The summed E-state index contributed by atoms with van der Waals surface area (Å²) in [6, 6.07) is 0. The van der Waals surface area contributed by atoms with E-state index >= 15 is 0 Å². The number of hydrogen-bond acceptors (Lipinski definition) is 2. The van der Waals surface area contributed by atoms with Gasteiger partial charge in [0.2, 0.25) is 0 Å². The molecule has 0 bridgehead atoms. The molecule has 0 saturated carbocycles. The van der Waals surface area contributed by atoms with Crippen LogP contribution in [-0.4, -0.2) is 32.7 Å². The minimum absolute atomic E-state index is 0.884. The summed E-state index contributed by atoms with van der Waals surface area (Å²) < 4.78 is 0. The van der Waals surface area contributed by atoms with Gasteiger partial charge in [0.15, 0.2) is 0 Å². The molecule has 0 amide bonds. The maximum Gasteiger partial charge on any atom is 0.503 e. The van der Waals surface area contributed by atoms with Crippen LogP contribution in [0.5, 0.6) is 0 Å². The molecule has 4 N–H and O–H groups in total. The first kappa shape index (κ1) is 25.4. The van der Waals surface area contributed by atoms with Crippen molar-refractivity contribution < 1.29 is 30.0 Å². The van der Waals surface area contributed by atoms with E-state index < -0.39 is 12.3 Å². The van der Waals surface area contributed by atoms with E-state index in [4.69, 9.17) is 30.0 Å². The Morgan fingerprint density at radius 1 is 0.722 bits per heavy atom. The summed E-state index contributed by atoms with van der Waals surface area (Å²) in [4.78, 5) is 17.1. The van der Waals surface area contributed by atoms with Gasteiger partial charge in [-0.2, -0.15) is 0 Å². The third-order valence-electron chi connectivity index (χ3n) is 1.63. The van der Waals surface area contributed by atoms with Crippen LogP contribution >= 0.6 is 0 Å². The molecular formula is C12H28O6. The molecule has 0 aliphatic rings. The average Bonchev–Trinajstić information content (AvgIpc) is 2.16. The van der Waals surface area contributed by atoms with Crippen molar-refractivity contribution in [1.29, 1.82) is 0 Å². The van der Waals surface area contributed by atoms with Gasteiger partial charge in [-0.25, -0.2) is 9.59 Å². The molecule has 18 heavy (non-hydrogen) atoms. The van der Waals surface area contributed by atoms with Gasteiger partial charge in [-0.05, 0) is 11.8 Å². The topological polar surface area (TPSA) is 115 Å². The highest BCUT2D eigenvalue weighted by Gasteiger charge is 1.80. The molecule has 112 valence electrons. The first-order chi connectivity index (χ1) is 8.00. The van der Waals surface area contributed by atoms with Gasteiger partial charge in [0.25, 0.3) is 0 Å². The quantitative estimate of drug-likeness (QED) is 0.584. The summed E-state index contributed by atoms with van der Waals surface area (Å²) in [7, 11) is 0. The fraction of sp³-hybridized carbons (Fsp3) is 0.833. The zero-order valence-electron chi connectivity index (χ0n) is 12.2.